The second kappa shape index (κ2) is 5.52. The van der Waals surface area contributed by atoms with Gasteiger partial charge in [0.2, 0.25) is 0 Å². The van der Waals surface area contributed by atoms with Crippen molar-refractivity contribution in [3.8, 4) is 0 Å². The number of nitrogens with zero attached hydrogens (tertiary/aromatic N) is 1. The fourth-order valence-corrected chi connectivity index (χ4v) is 1.92. The largest absolute Gasteiger partial charge is 0.478 e. The Balaban J connectivity index is 1.97. The van der Waals surface area contributed by atoms with Gasteiger partial charge >= 0.3 is 5.97 Å². The average Bonchev–Trinajstić information content (AvgIpc) is 3.15. The van der Waals surface area contributed by atoms with Crippen LogP contribution in [0.25, 0.3) is 0 Å². The number of anilines is 1. The lowest BCUT2D eigenvalue weighted by Crippen LogP contribution is -2.27. The molecule has 1 aliphatic rings. The third-order valence-electron chi connectivity index (χ3n) is 3.23. The molecule has 0 amide bonds. The number of rotatable bonds is 6. The zero-order chi connectivity index (χ0) is 14.0. The summed E-state index contributed by atoms with van der Waals surface area (Å²) in [6, 6.07) is 2.22. The predicted molar refractivity (Wildman–Crippen MR) is 67.5 cm³/mol. The molecule has 19 heavy (non-hydrogen) atoms. The Morgan fingerprint density at radius 3 is 2.47 bits per heavy atom. The van der Waals surface area contributed by atoms with Crippen LogP contribution in [0.15, 0.2) is 12.1 Å². The van der Waals surface area contributed by atoms with Crippen molar-refractivity contribution in [1.29, 1.82) is 0 Å². The maximum absolute atomic E-state index is 13.6. The summed E-state index contributed by atoms with van der Waals surface area (Å²) in [4.78, 5) is 12.8. The van der Waals surface area contributed by atoms with Crippen LogP contribution in [0.3, 0.4) is 0 Å². The first-order valence-corrected chi connectivity index (χ1v) is 6.15. The van der Waals surface area contributed by atoms with E-state index in [1.165, 1.54) is 12.8 Å². The van der Waals surface area contributed by atoms with Crippen LogP contribution in [0.1, 0.15) is 23.2 Å². The van der Waals surface area contributed by atoms with Gasteiger partial charge in [-0.3, -0.25) is 0 Å². The molecule has 1 fully saturated rings. The molecule has 0 saturated heterocycles. The van der Waals surface area contributed by atoms with Gasteiger partial charge in [-0.25, -0.2) is 13.6 Å². The number of likely N-dealkylation sites (N-methyl/N-ethyl adjacent to an activating group) is 1. The lowest BCUT2D eigenvalue weighted by Gasteiger charge is -2.16. The molecule has 0 radical (unpaired) electrons. The Morgan fingerprint density at radius 1 is 1.42 bits per heavy atom. The minimum Gasteiger partial charge on any atom is -0.478 e. The van der Waals surface area contributed by atoms with Gasteiger partial charge in [0.15, 0.2) is 0 Å². The van der Waals surface area contributed by atoms with Crippen LogP contribution >= 0.6 is 0 Å². The first-order chi connectivity index (χ1) is 8.99. The van der Waals surface area contributed by atoms with E-state index in [0.717, 1.165) is 12.1 Å². The SMILES string of the molecule is CN(CCNc1c(F)cc(C(=O)O)cc1F)C1CC1. The van der Waals surface area contributed by atoms with E-state index in [9.17, 15) is 13.6 Å². The first kappa shape index (κ1) is 13.7. The minimum atomic E-state index is -1.35. The van der Waals surface area contributed by atoms with Crippen molar-refractivity contribution in [3.63, 3.8) is 0 Å². The lowest BCUT2D eigenvalue weighted by atomic mass is 10.2. The molecule has 0 spiro atoms. The van der Waals surface area contributed by atoms with Crippen LogP contribution in [0.2, 0.25) is 0 Å². The molecule has 6 heteroatoms. The van der Waals surface area contributed by atoms with Gasteiger partial charge in [0.05, 0.1) is 5.56 Å². The second-order valence-corrected chi connectivity index (χ2v) is 4.76. The maximum Gasteiger partial charge on any atom is 0.335 e. The highest BCUT2D eigenvalue weighted by Crippen LogP contribution is 2.25. The molecule has 0 aromatic heterocycles. The molecule has 1 aromatic carbocycles. The summed E-state index contributed by atoms with van der Waals surface area (Å²) in [6.07, 6.45) is 2.35. The third-order valence-corrected chi connectivity index (χ3v) is 3.23. The summed E-state index contributed by atoms with van der Waals surface area (Å²) in [6.45, 7) is 1.09. The molecular weight excluding hydrogens is 254 g/mol. The summed E-state index contributed by atoms with van der Waals surface area (Å²) in [5, 5.41) is 11.4. The first-order valence-electron chi connectivity index (χ1n) is 6.15. The molecule has 4 nitrogen and oxygen atoms in total. The van der Waals surface area contributed by atoms with Crippen LogP contribution in [0, 0.1) is 11.6 Å². The van der Waals surface area contributed by atoms with Crippen LogP contribution in [-0.2, 0) is 0 Å². The number of nitrogens with one attached hydrogen (secondary N) is 1. The van der Waals surface area contributed by atoms with Crippen LogP contribution < -0.4 is 5.32 Å². The molecule has 1 aromatic rings. The fourth-order valence-electron chi connectivity index (χ4n) is 1.92. The van der Waals surface area contributed by atoms with Gasteiger partial charge in [-0.15, -0.1) is 0 Å². The van der Waals surface area contributed by atoms with E-state index >= 15 is 0 Å². The molecule has 2 N–H and O–H groups in total. The molecular formula is C13H16F2N2O2. The van der Waals surface area contributed by atoms with E-state index < -0.39 is 23.2 Å². The molecule has 0 bridgehead atoms. The number of carbonyl (C=O) groups is 1. The number of carboxylic acid groups (broad SMARTS) is 1. The van der Waals surface area contributed by atoms with E-state index in [-0.39, 0.29) is 5.69 Å². The highest BCUT2D eigenvalue weighted by molar-refractivity contribution is 5.88. The van der Waals surface area contributed by atoms with Crippen molar-refractivity contribution in [1.82, 2.24) is 4.90 Å². The second-order valence-electron chi connectivity index (χ2n) is 4.76. The Morgan fingerprint density at radius 2 is 2.00 bits per heavy atom. The number of benzene rings is 1. The van der Waals surface area contributed by atoms with Crippen molar-refractivity contribution < 1.29 is 18.7 Å². The van der Waals surface area contributed by atoms with Gasteiger partial charge in [-0.1, -0.05) is 0 Å². The maximum atomic E-state index is 13.6. The Labute approximate surface area is 110 Å². The molecule has 1 aliphatic carbocycles. The molecule has 0 heterocycles. The normalized spacial score (nSPS) is 14.7. The number of hydrogen-bond acceptors (Lipinski definition) is 3. The summed E-state index contributed by atoms with van der Waals surface area (Å²) in [7, 11) is 1.97. The van der Waals surface area contributed by atoms with Gasteiger partial charge in [0, 0.05) is 19.1 Å². The van der Waals surface area contributed by atoms with Gasteiger partial charge < -0.3 is 15.3 Å². The van der Waals surface area contributed by atoms with E-state index in [0.29, 0.717) is 19.1 Å². The summed E-state index contributed by atoms with van der Waals surface area (Å²) >= 11 is 0. The van der Waals surface area contributed by atoms with E-state index in [1.807, 2.05) is 7.05 Å². The zero-order valence-corrected chi connectivity index (χ0v) is 10.6. The fraction of sp³-hybridized carbons (Fsp3) is 0.462. The standard InChI is InChI=1S/C13H16F2N2O2/c1-17(9-2-3-9)5-4-16-12-10(14)6-8(13(18)19)7-11(12)15/h6-7,9,16H,2-5H2,1H3,(H,18,19). The number of halogens is 2. The number of carboxylic acids is 1. The van der Waals surface area contributed by atoms with Gasteiger partial charge in [0.1, 0.15) is 17.3 Å². The summed E-state index contributed by atoms with van der Waals surface area (Å²) in [5.41, 5.74) is -0.662. The molecule has 0 aliphatic heterocycles. The molecule has 104 valence electrons. The van der Waals surface area contributed by atoms with E-state index in [1.54, 1.807) is 0 Å². The minimum absolute atomic E-state index is 0.269. The highest BCUT2D eigenvalue weighted by Gasteiger charge is 2.25. The van der Waals surface area contributed by atoms with Crippen molar-refractivity contribution in [2.75, 3.05) is 25.5 Å². The molecule has 0 unspecified atom stereocenters. The van der Waals surface area contributed by atoms with Crippen molar-refractivity contribution >= 4 is 11.7 Å². The van der Waals surface area contributed by atoms with Crippen molar-refractivity contribution in [2.24, 2.45) is 0 Å². The quantitative estimate of drug-likeness (QED) is 0.832. The molecule has 0 atom stereocenters. The highest BCUT2D eigenvalue weighted by atomic mass is 19.1. The van der Waals surface area contributed by atoms with Crippen molar-refractivity contribution in [3.05, 3.63) is 29.3 Å². The number of aromatic carboxylic acids is 1. The van der Waals surface area contributed by atoms with Crippen LogP contribution in [-0.4, -0.2) is 42.2 Å². The summed E-state index contributed by atoms with van der Waals surface area (Å²) < 4.78 is 27.2. The average molecular weight is 270 g/mol. The monoisotopic (exact) mass is 270 g/mol. The molecule has 2 rings (SSSR count). The van der Waals surface area contributed by atoms with Gasteiger partial charge in [0.25, 0.3) is 0 Å². The Bertz CT molecular complexity index is 467. The Hall–Kier alpha value is -1.69. The topological polar surface area (TPSA) is 52.6 Å². The predicted octanol–water partition coefficient (Wildman–Crippen LogP) is 2.17. The zero-order valence-electron chi connectivity index (χ0n) is 10.6. The van der Waals surface area contributed by atoms with E-state index in [4.69, 9.17) is 5.11 Å². The van der Waals surface area contributed by atoms with Crippen molar-refractivity contribution in [2.45, 2.75) is 18.9 Å². The summed E-state index contributed by atoms with van der Waals surface area (Å²) in [5.74, 6) is -3.12. The van der Waals surface area contributed by atoms with Gasteiger partial charge in [-0.05, 0) is 32.0 Å². The van der Waals surface area contributed by atoms with Gasteiger partial charge in [-0.2, -0.15) is 0 Å². The third kappa shape index (κ3) is 3.41. The van der Waals surface area contributed by atoms with Crippen LogP contribution in [0.5, 0.6) is 0 Å². The Kier molecular flexibility index (Phi) is 3.99. The van der Waals surface area contributed by atoms with Crippen LogP contribution in [0.4, 0.5) is 14.5 Å². The van der Waals surface area contributed by atoms with E-state index in [2.05, 4.69) is 10.2 Å². The molecule has 1 saturated carbocycles. The number of hydrogen-bond donors (Lipinski definition) is 2. The lowest BCUT2D eigenvalue weighted by molar-refractivity contribution is 0.0696. The smallest absolute Gasteiger partial charge is 0.335 e.